The van der Waals surface area contributed by atoms with Crippen LogP contribution in [0.5, 0.6) is 0 Å². The van der Waals surface area contributed by atoms with Gasteiger partial charge in [-0.15, -0.1) is 0 Å². The van der Waals surface area contributed by atoms with Crippen molar-refractivity contribution in [3.05, 3.63) is 128 Å². The number of carboxylic acids is 2. The third kappa shape index (κ3) is 39.0. The Bertz CT molecular complexity index is 4530. The highest BCUT2D eigenvalue weighted by atomic mass is 31.3. The summed E-state index contributed by atoms with van der Waals surface area (Å²) < 4.78 is 133. The number of aliphatic carboxylic acids is 2. The first-order chi connectivity index (χ1) is 67.3. The fourth-order valence-corrected chi connectivity index (χ4v) is 19.4. The molecular formula is C100H158O41P2. The normalized spacial score (nSPS) is 35.0. The molecule has 41 nitrogen and oxygen atoms in total. The first-order valence-corrected chi connectivity index (χ1v) is 52.0. The summed E-state index contributed by atoms with van der Waals surface area (Å²) in [7, 11) is -11.4. The predicted molar refractivity (Wildman–Crippen MR) is 514 cm³/mol. The zero-order chi connectivity index (χ0) is 106. The molecule has 0 spiro atoms. The van der Waals surface area contributed by atoms with Crippen LogP contribution in [0.2, 0.25) is 0 Å². The Labute approximate surface area is 837 Å². The molecule has 7 fully saturated rings. The van der Waals surface area contributed by atoms with Gasteiger partial charge in [0.2, 0.25) is 0 Å². The molecule has 15 N–H and O–H groups in total. The predicted octanol–water partition coefficient (Wildman–Crippen LogP) is 10.1. The number of rotatable bonds is 54. The molecular weight excluding hydrogens is 1920 g/mol. The highest BCUT2D eigenvalue weighted by Crippen LogP contribution is 2.62. The molecule has 0 aromatic rings. The van der Waals surface area contributed by atoms with E-state index < -0.39 is 262 Å². The van der Waals surface area contributed by atoms with Gasteiger partial charge in [0.1, 0.15) is 110 Å². The van der Waals surface area contributed by atoms with Crippen LogP contribution in [-0.4, -0.2) is 322 Å². The summed E-state index contributed by atoms with van der Waals surface area (Å²) in [5.41, 5.74) is 14.4. The van der Waals surface area contributed by atoms with Crippen LogP contribution in [0.3, 0.4) is 0 Å². The van der Waals surface area contributed by atoms with Gasteiger partial charge in [0.05, 0.1) is 38.6 Å². The molecule has 7 rings (SSSR count). The summed E-state index contributed by atoms with van der Waals surface area (Å²) in [4.78, 5) is 85.5. The minimum absolute atomic E-state index is 0.435. The maximum atomic E-state index is 13.6. The van der Waals surface area contributed by atoms with E-state index >= 15 is 0 Å². The van der Waals surface area contributed by atoms with E-state index in [1.54, 1.807) is 13.0 Å². The maximum Gasteiger partial charge on any atom is 0.483 e. The van der Waals surface area contributed by atoms with E-state index in [4.69, 9.17) is 84.8 Å². The standard InChI is InChI=1S/C100H158O41P2/c1-19-54(2)30-20-31-55(3)32-21-33-56(4)34-22-35-57(5)36-23-37-58(6)38-24-39-59(7)40-25-41-60(8)42-26-43-61(9)44-27-45-62(10)46-28-47-63(11)48-29-49-64(12)52-124-142(119,120)141-143(121,122)140-96-81(114)85(74(107)70(50-101)130-96)135-97-91(129-69(17)105)88(127-67(15)103)82(66(14)126-97)133-95-80(113)84(73(106)65(13)125-95)134-98-90(128-68(16)104)86(75(108)71(51-102)131-98)136-94-79(112)77(110)87(89(138-94)92(115)116)137-93-78(111)76(109)83-72(132-93)53-123-100(18,139-83)99(117)118/h19,31,33,35,37,39,41,43,45,47,49,65-66,70-91,93-98,101-102,106-114H,20-30,32,34,36,38,40,42,44,46,48,50-53H2,1-18H3,(H,115,116)(H,117,118)(H,119,120)(H,121,122)/b54-19-,55-31-,56-33-,57-35-,58-37-,59-39-,60-41-,61-43-,62-45+,63-47+,64-49+/t65-,66-,70-,71+,72-,73+,74+,75-,76-,77+,78-,79+,80-,81+,82+,83+,84+,85-,86-,87-,88+,89-,90+,91-,93-,94+,95-,96-,97-,98+,100-/m1/s1. The molecule has 0 amide bonds. The Kier molecular flexibility index (Phi) is 51.4. The number of hydrogen-bond acceptors (Lipinski definition) is 37. The molecule has 0 radical (unpaired) electrons. The average Bonchev–Trinajstić information content (AvgIpc) is 0.781. The Balaban J connectivity index is 0.859. The summed E-state index contributed by atoms with van der Waals surface area (Å²) in [6, 6.07) is 0. The van der Waals surface area contributed by atoms with Crippen LogP contribution in [0.25, 0.3) is 0 Å². The van der Waals surface area contributed by atoms with Crippen molar-refractivity contribution in [1.29, 1.82) is 0 Å². The lowest BCUT2D eigenvalue weighted by Crippen LogP contribution is -2.69. The molecule has 143 heavy (non-hydrogen) atoms. The van der Waals surface area contributed by atoms with E-state index in [-0.39, 0.29) is 0 Å². The molecule has 7 heterocycles. The second kappa shape index (κ2) is 59.4. The van der Waals surface area contributed by atoms with Gasteiger partial charge < -0.3 is 152 Å². The molecule has 7 aliphatic heterocycles. The number of esters is 3. The van der Waals surface area contributed by atoms with Gasteiger partial charge in [0.15, 0.2) is 62.2 Å². The van der Waals surface area contributed by atoms with Gasteiger partial charge in [-0.05, 0) is 225 Å². The van der Waals surface area contributed by atoms with Crippen molar-refractivity contribution in [1.82, 2.24) is 0 Å². The number of hydrogen-bond donors (Lipinski definition) is 15. The second-order valence-corrected chi connectivity index (χ2v) is 41.4. The number of fused-ring (bicyclic) bond motifs is 1. The number of aliphatic hydroxyl groups excluding tert-OH is 11. The Morgan fingerprint density at radius 2 is 0.692 bits per heavy atom. The van der Waals surface area contributed by atoms with Crippen LogP contribution < -0.4 is 0 Å². The number of carboxylic acid groups (broad SMARTS) is 2. The van der Waals surface area contributed by atoms with E-state index in [1.807, 2.05) is 6.92 Å². The second-order valence-electron chi connectivity index (χ2n) is 38.4. The van der Waals surface area contributed by atoms with Crippen LogP contribution in [0, 0.1) is 0 Å². The zero-order valence-electron chi connectivity index (χ0n) is 85.4. The Morgan fingerprint density at radius 3 is 1.10 bits per heavy atom. The van der Waals surface area contributed by atoms with E-state index in [9.17, 15) is 109 Å². The molecule has 0 bridgehead atoms. The quantitative estimate of drug-likeness (QED) is 0.0116. The number of carbonyl (C=O) groups excluding carboxylic acids is 3. The van der Waals surface area contributed by atoms with Crippen LogP contribution in [-0.2, 0) is 122 Å². The fourth-order valence-electron chi connectivity index (χ4n) is 17.2. The molecule has 33 atom stereocenters. The summed E-state index contributed by atoms with van der Waals surface area (Å²) in [5, 5.41) is 145. The number of phosphoric ester groups is 2. The highest BCUT2D eigenvalue weighted by Gasteiger charge is 2.62. The number of ether oxygens (including phenoxy) is 16. The molecule has 7 aliphatic rings. The number of carbonyl (C=O) groups is 5. The van der Waals surface area contributed by atoms with Gasteiger partial charge in [0, 0.05) is 27.7 Å². The monoisotopic (exact) mass is 2080 g/mol. The maximum absolute atomic E-state index is 13.6. The lowest BCUT2D eigenvalue weighted by molar-refractivity contribution is -0.401. The molecule has 0 aromatic carbocycles. The average molecular weight is 2080 g/mol. The summed E-state index contributed by atoms with van der Waals surface area (Å²) in [6.45, 7) is 28.4. The van der Waals surface area contributed by atoms with Crippen molar-refractivity contribution in [2.45, 2.75) is 443 Å². The molecule has 814 valence electrons. The van der Waals surface area contributed by atoms with Gasteiger partial charge >= 0.3 is 45.5 Å². The van der Waals surface area contributed by atoms with Gasteiger partial charge in [-0.3, -0.25) is 23.4 Å². The number of allylic oxidation sites excluding steroid dienone is 21. The molecule has 2 unspecified atom stereocenters. The molecule has 0 aliphatic carbocycles. The van der Waals surface area contributed by atoms with Crippen molar-refractivity contribution in [3.63, 3.8) is 0 Å². The SMILES string of the molecule is C/C=C(/C)CC/C=C(/C)CC/C=C(/C)CC/C=C(/C)CC/C=C(/C)CC/C=C(/C)CC/C=C(/C)CC/C=C(/C)CC/C=C(\C)CC/C=C(\C)CC/C=C(\C)COP(=O)(O)OP(=O)(O)O[C@H]1O[C@H](CO)[C@H](O)[C@@H](O[C@H]2O[C@H](C)[C@H](O[C@H]3O[C@H](C)[C@H](O)[C@H](O[C@@H]4O[C@@H](CO)[C@@H](O)[C@@H](O[C@H]5O[C@@H](C(=O)O)[C@H](O[C@H]6O[C@@H]7CO[C@@](C)(C(=O)O)O[C@@H]7[C@H](O)[C@H]6O)[C@@H](O)[C@@H]5O)[C@@H]4OC(C)=O)[C@H]3O)[C@H](OC(C)=O)[C@H]2OC(C)=O)[C@@H]1O. The number of aliphatic hydroxyl groups is 11. The highest BCUT2D eigenvalue weighted by molar-refractivity contribution is 7.61. The van der Waals surface area contributed by atoms with Gasteiger partial charge in [0.25, 0.3) is 5.79 Å². The third-order valence-electron chi connectivity index (χ3n) is 25.9. The Morgan fingerprint density at radius 1 is 0.357 bits per heavy atom. The first kappa shape index (κ1) is 124. The van der Waals surface area contributed by atoms with Crippen LogP contribution in [0.4, 0.5) is 0 Å². The van der Waals surface area contributed by atoms with Crippen molar-refractivity contribution < 1.29 is 198 Å². The zero-order valence-corrected chi connectivity index (χ0v) is 87.1. The largest absolute Gasteiger partial charge is 0.483 e. The first-order valence-electron chi connectivity index (χ1n) is 49.0. The van der Waals surface area contributed by atoms with Crippen molar-refractivity contribution in [2.75, 3.05) is 26.4 Å². The van der Waals surface area contributed by atoms with E-state index in [1.165, 1.54) is 64.0 Å². The van der Waals surface area contributed by atoms with Crippen LogP contribution >= 0.6 is 15.6 Å². The van der Waals surface area contributed by atoms with E-state index in [2.05, 4.69) is 134 Å². The smallest absolute Gasteiger partial charge is 0.479 e. The molecule has 7 saturated heterocycles. The third-order valence-corrected chi connectivity index (χ3v) is 28.5. The summed E-state index contributed by atoms with van der Waals surface area (Å²) >= 11 is 0. The molecule has 0 saturated carbocycles. The minimum atomic E-state index is -5.90. The minimum Gasteiger partial charge on any atom is -0.479 e. The lowest BCUT2D eigenvalue weighted by Gasteiger charge is -2.50. The fraction of sp³-hybridized carbons (Fsp3) is 0.730. The molecule has 0 aromatic heterocycles. The van der Waals surface area contributed by atoms with E-state index in [0.29, 0.717) is 18.4 Å². The van der Waals surface area contributed by atoms with Crippen molar-refractivity contribution in [3.8, 4) is 0 Å². The van der Waals surface area contributed by atoms with Crippen LogP contribution in [0.1, 0.15) is 253 Å². The lowest BCUT2D eigenvalue weighted by atomic mass is 9.95. The van der Waals surface area contributed by atoms with Gasteiger partial charge in [-0.25, -0.2) is 18.7 Å². The summed E-state index contributed by atoms with van der Waals surface area (Å²) in [6.07, 6.45) is -17.0. The number of phosphoric acid groups is 2. The van der Waals surface area contributed by atoms with Crippen LogP contribution in [0.15, 0.2) is 128 Å². The van der Waals surface area contributed by atoms with Crippen molar-refractivity contribution in [2.24, 2.45) is 0 Å². The van der Waals surface area contributed by atoms with Gasteiger partial charge in [-0.1, -0.05) is 128 Å². The van der Waals surface area contributed by atoms with Crippen molar-refractivity contribution >= 4 is 45.5 Å². The summed E-state index contributed by atoms with van der Waals surface area (Å²) in [5.74, 6) is -9.26. The van der Waals surface area contributed by atoms with Gasteiger partial charge in [-0.2, -0.15) is 4.31 Å². The molecule has 43 heteroatoms. The van der Waals surface area contributed by atoms with E-state index in [0.717, 1.165) is 149 Å². The topological polar surface area (TPSA) is 598 Å². The Hall–Kier alpha value is -6.21.